The molecule has 0 saturated carbocycles. The van der Waals surface area contributed by atoms with Gasteiger partial charge >= 0.3 is 0 Å². The van der Waals surface area contributed by atoms with Gasteiger partial charge in [-0.05, 0) is 62.9 Å². The van der Waals surface area contributed by atoms with Crippen LogP contribution in [-0.4, -0.2) is 30.0 Å². The third kappa shape index (κ3) is 5.61. The molecule has 144 valence electrons. The Labute approximate surface area is 161 Å². The van der Waals surface area contributed by atoms with Crippen molar-refractivity contribution < 1.29 is 9.57 Å². The molecule has 0 bridgehead atoms. The van der Waals surface area contributed by atoms with E-state index in [0.717, 1.165) is 35.8 Å². The first-order valence-electron chi connectivity index (χ1n) is 9.54. The van der Waals surface area contributed by atoms with Crippen molar-refractivity contribution in [2.45, 2.75) is 45.8 Å². The van der Waals surface area contributed by atoms with Crippen LogP contribution in [0.25, 0.3) is 0 Å². The maximum absolute atomic E-state index is 6.02. The molecule has 0 radical (unpaired) electrons. The summed E-state index contributed by atoms with van der Waals surface area (Å²) in [5.74, 6) is 2.17. The predicted molar refractivity (Wildman–Crippen MR) is 108 cm³/mol. The van der Waals surface area contributed by atoms with Gasteiger partial charge in [0.2, 0.25) is 0 Å². The summed E-state index contributed by atoms with van der Waals surface area (Å²) in [5, 5.41) is 4.01. The number of nitrogens with zero attached hydrogens (tertiary/aromatic N) is 3. The van der Waals surface area contributed by atoms with Crippen molar-refractivity contribution in [1.82, 2.24) is 4.98 Å². The van der Waals surface area contributed by atoms with E-state index in [-0.39, 0.29) is 6.10 Å². The lowest BCUT2D eigenvalue weighted by atomic mass is 10.1. The highest BCUT2D eigenvalue weighted by Crippen LogP contribution is 2.18. The zero-order chi connectivity index (χ0) is 19.1. The molecule has 1 aromatic carbocycles. The zero-order valence-corrected chi connectivity index (χ0v) is 16.1. The Morgan fingerprint density at radius 1 is 1.11 bits per heavy atom. The van der Waals surface area contributed by atoms with Crippen LogP contribution in [0.1, 0.15) is 44.2 Å². The van der Waals surface area contributed by atoms with Crippen LogP contribution in [-0.2, 0) is 11.4 Å². The number of benzene rings is 1. The van der Waals surface area contributed by atoms with Crippen LogP contribution in [0, 0.1) is 0 Å². The van der Waals surface area contributed by atoms with Crippen molar-refractivity contribution in [3.8, 4) is 5.75 Å². The van der Waals surface area contributed by atoms with Crippen molar-refractivity contribution in [3.63, 3.8) is 0 Å². The minimum Gasteiger partial charge on any atom is -0.491 e. The maximum Gasteiger partial charge on any atom is 0.171 e. The Hall–Kier alpha value is -2.76. The van der Waals surface area contributed by atoms with Crippen LogP contribution < -0.4 is 15.4 Å². The summed E-state index contributed by atoms with van der Waals surface area (Å²) in [4.78, 5) is 12.2. The molecule has 0 unspecified atom stereocenters. The van der Waals surface area contributed by atoms with Gasteiger partial charge in [-0.2, -0.15) is 0 Å². The number of rotatable bonds is 7. The number of nitrogens with two attached hydrogens (primary N) is 1. The lowest BCUT2D eigenvalue weighted by Gasteiger charge is -2.27. The second-order valence-corrected chi connectivity index (χ2v) is 7.01. The van der Waals surface area contributed by atoms with Crippen LogP contribution in [0.4, 0.5) is 5.82 Å². The molecular weight excluding hydrogens is 340 g/mol. The van der Waals surface area contributed by atoms with Gasteiger partial charge in [0.15, 0.2) is 5.84 Å². The lowest BCUT2D eigenvalue weighted by Crippen LogP contribution is -2.30. The number of hydrogen-bond acceptors (Lipinski definition) is 5. The molecule has 0 atom stereocenters. The summed E-state index contributed by atoms with van der Waals surface area (Å²) >= 11 is 0. The standard InChI is InChI=1S/C21H28N4O2/c1-16(2)27-19-9-6-17(7-10-19)15-26-24-21(22)18-8-11-20(23-14-18)25-12-4-3-5-13-25/h6-11,14,16H,3-5,12-13,15H2,1-2H3,(H2,22,24). The van der Waals surface area contributed by atoms with E-state index < -0.39 is 0 Å². The van der Waals surface area contributed by atoms with E-state index in [4.69, 9.17) is 15.3 Å². The minimum atomic E-state index is 0.159. The van der Waals surface area contributed by atoms with E-state index in [0.29, 0.717) is 12.4 Å². The first-order valence-corrected chi connectivity index (χ1v) is 9.54. The molecule has 2 N–H and O–H groups in total. The van der Waals surface area contributed by atoms with E-state index in [1.54, 1.807) is 6.20 Å². The normalized spacial score (nSPS) is 15.1. The summed E-state index contributed by atoms with van der Waals surface area (Å²) in [6.07, 6.45) is 5.67. The van der Waals surface area contributed by atoms with E-state index in [2.05, 4.69) is 15.0 Å². The van der Waals surface area contributed by atoms with Gasteiger partial charge in [-0.15, -0.1) is 0 Å². The summed E-state index contributed by atoms with van der Waals surface area (Å²) in [7, 11) is 0. The molecule has 1 aliphatic heterocycles. The largest absolute Gasteiger partial charge is 0.491 e. The molecular formula is C21H28N4O2. The minimum absolute atomic E-state index is 0.159. The third-order valence-electron chi connectivity index (χ3n) is 4.41. The van der Waals surface area contributed by atoms with E-state index in [1.807, 2.05) is 50.2 Å². The first-order chi connectivity index (χ1) is 13.1. The van der Waals surface area contributed by atoms with Gasteiger partial charge in [-0.1, -0.05) is 17.3 Å². The monoisotopic (exact) mass is 368 g/mol. The Bertz CT molecular complexity index is 736. The summed E-state index contributed by atoms with van der Waals surface area (Å²) in [6, 6.07) is 11.7. The van der Waals surface area contributed by atoms with E-state index in [9.17, 15) is 0 Å². The van der Waals surface area contributed by atoms with Gasteiger partial charge in [0.05, 0.1) is 6.10 Å². The Kier molecular flexibility index (Phi) is 6.52. The van der Waals surface area contributed by atoms with Gasteiger partial charge in [0.1, 0.15) is 18.2 Å². The molecule has 6 heteroatoms. The second-order valence-electron chi connectivity index (χ2n) is 7.01. The zero-order valence-electron chi connectivity index (χ0n) is 16.1. The quantitative estimate of drug-likeness (QED) is 0.458. The molecule has 1 aliphatic rings. The summed E-state index contributed by atoms with van der Waals surface area (Å²) in [5.41, 5.74) is 7.78. The molecule has 6 nitrogen and oxygen atoms in total. The van der Waals surface area contributed by atoms with Crippen LogP contribution in [0.2, 0.25) is 0 Å². The average Bonchev–Trinajstić information content (AvgIpc) is 2.69. The molecule has 3 rings (SSSR count). The highest BCUT2D eigenvalue weighted by Gasteiger charge is 2.12. The fourth-order valence-corrected chi connectivity index (χ4v) is 3.01. The molecule has 1 aromatic heterocycles. The van der Waals surface area contributed by atoms with Crippen molar-refractivity contribution in [2.75, 3.05) is 18.0 Å². The van der Waals surface area contributed by atoms with Gasteiger partial charge in [-0.3, -0.25) is 0 Å². The van der Waals surface area contributed by atoms with Crippen molar-refractivity contribution >= 4 is 11.7 Å². The molecule has 0 spiro atoms. The Morgan fingerprint density at radius 3 is 2.48 bits per heavy atom. The van der Waals surface area contributed by atoms with Gasteiger partial charge in [0.25, 0.3) is 0 Å². The van der Waals surface area contributed by atoms with Crippen LogP contribution in [0.15, 0.2) is 47.8 Å². The van der Waals surface area contributed by atoms with Gasteiger partial charge < -0.3 is 20.2 Å². The number of pyridine rings is 1. The van der Waals surface area contributed by atoms with Crippen LogP contribution in [0.3, 0.4) is 0 Å². The Balaban J connectivity index is 1.52. The fraction of sp³-hybridized carbons (Fsp3) is 0.429. The van der Waals surface area contributed by atoms with Crippen LogP contribution >= 0.6 is 0 Å². The molecule has 0 aliphatic carbocycles. The second kappa shape index (κ2) is 9.26. The SMILES string of the molecule is CC(C)Oc1ccc(CO/N=C(/N)c2ccc(N3CCCCC3)nc2)cc1. The smallest absolute Gasteiger partial charge is 0.171 e. The molecule has 0 amide bonds. The first kappa shape index (κ1) is 19.0. The molecule has 27 heavy (non-hydrogen) atoms. The number of oxime groups is 1. The van der Waals surface area contributed by atoms with Gasteiger partial charge in [-0.25, -0.2) is 4.98 Å². The number of amidine groups is 1. The Morgan fingerprint density at radius 2 is 1.85 bits per heavy atom. The highest BCUT2D eigenvalue weighted by atomic mass is 16.6. The van der Waals surface area contributed by atoms with E-state index in [1.165, 1.54) is 19.3 Å². The topological polar surface area (TPSA) is 73.0 Å². The maximum atomic E-state index is 6.02. The molecule has 2 aromatic rings. The van der Waals surface area contributed by atoms with E-state index >= 15 is 0 Å². The number of piperidine rings is 1. The summed E-state index contributed by atoms with van der Waals surface area (Å²) in [6.45, 7) is 6.49. The number of anilines is 1. The number of ether oxygens (including phenoxy) is 1. The highest BCUT2D eigenvalue weighted by molar-refractivity contribution is 5.96. The van der Waals surface area contributed by atoms with Gasteiger partial charge in [0, 0.05) is 24.8 Å². The van der Waals surface area contributed by atoms with Crippen molar-refractivity contribution in [1.29, 1.82) is 0 Å². The van der Waals surface area contributed by atoms with Crippen molar-refractivity contribution in [3.05, 3.63) is 53.7 Å². The summed E-state index contributed by atoms with van der Waals surface area (Å²) < 4.78 is 5.62. The third-order valence-corrected chi connectivity index (χ3v) is 4.41. The average molecular weight is 368 g/mol. The lowest BCUT2D eigenvalue weighted by molar-refractivity contribution is 0.130. The molecule has 1 saturated heterocycles. The number of hydrogen-bond donors (Lipinski definition) is 1. The molecule has 2 heterocycles. The molecule has 1 fully saturated rings. The fourth-order valence-electron chi connectivity index (χ4n) is 3.01. The predicted octanol–water partition coefficient (Wildman–Crippen LogP) is 3.70. The van der Waals surface area contributed by atoms with Crippen LogP contribution in [0.5, 0.6) is 5.75 Å². The van der Waals surface area contributed by atoms with Crippen molar-refractivity contribution in [2.24, 2.45) is 10.9 Å². The number of aromatic nitrogens is 1.